The maximum atomic E-state index is 14.1. The molecule has 0 radical (unpaired) electrons. The van der Waals surface area contributed by atoms with Crippen molar-refractivity contribution in [3.05, 3.63) is 107 Å². The number of ether oxygens (including phenoxy) is 1. The first-order valence-electron chi connectivity index (χ1n) is 12.8. The first kappa shape index (κ1) is 26.0. The molecule has 0 aliphatic carbocycles. The molecule has 2 heterocycles. The fourth-order valence-corrected chi connectivity index (χ4v) is 5.09. The highest BCUT2D eigenvalue weighted by Gasteiger charge is 2.46. The number of likely N-dealkylation sites (N-methyl/N-ethyl adjacent to an activating group) is 1. The number of hydrogen-bond donors (Lipinski definition) is 2. The number of carbonyl (C=O) groups is 3. The normalized spacial score (nSPS) is 17.6. The SMILES string of the molecule is CCN1C(=O)N[C@@H](c2ccc(OC)cc2)C2=C1CN([C@@H](Cc1ccccc1)C(=O)Nc1ccc(F)cc1)C2=O. The van der Waals surface area contributed by atoms with Crippen LogP contribution in [-0.2, 0) is 16.0 Å². The number of hydrogen-bond acceptors (Lipinski definition) is 4. The highest BCUT2D eigenvalue weighted by atomic mass is 19.1. The molecule has 0 fully saturated rings. The zero-order chi connectivity index (χ0) is 27.5. The number of rotatable bonds is 8. The van der Waals surface area contributed by atoms with E-state index < -0.39 is 23.8 Å². The van der Waals surface area contributed by atoms with Gasteiger partial charge in [0, 0.05) is 18.7 Å². The summed E-state index contributed by atoms with van der Waals surface area (Å²) in [5.74, 6) is -0.478. The van der Waals surface area contributed by atoms with E-state index in [2.05, 4.69) is 10.6 Å². The number of nitrogens with zero attached hydrogens (tertiary/aromatic N) is 2. The van der Waals surface area contributed by atoms with E-state index in [0.717, 1.165) is 11.1 Å². The lowest BCUT2D eigenvalue weighted by atomic mass is 9.95. The quantitative estimate of drug-likeness (QED) is 0.457. The molecule has 0 unspecified atom stereocenters. The summed E-state index contributed by atoms with van der Waals surface area (Å²) in [6.07, 6.45) is 0.265. The summed E-state index contributed by atoms with van der Waals surface area (Å²) in [5, 5.41) is 5.79. The number of methoxy groups -OCH3 is 1. The van der Waals surface area contributed by atoms with Gasteiger partial charge >= 0.3 is 6.03 Å². The second-order valence-corrected chi connectivity index (χ2v) is 9.40. The smallest absolute Gasteiger partial charge is 0.322 e. The molecule has 2 aliphatic heterocycles. The van der Waals surface area contributed by atoms with Crippen molar-refractivity contribution in [2.75, 3.05) is 25.5 Å². The highest BCUT2D eigenvalue weighted by molar-refractivity contribution is 6.05. The molecule has 200 valence electrons. The van der Waals surface area contributed by atoms with Gasteiger partial charge in [-0.3, -0.25) is 14.5 Å². The minimum absolute atomic E-state index is 0.108. The standard InChI is InChI=1S/C30H29FN4O4/c1-3-34-25-18-35(29(37)26(25)27(33-30(34)38)20-9-15-23(39-2)16-10-20)24(17-19-7-5-4-6-8-19)28(36)32-22-13-11-21(31)12-14-22/h4-16,24,27H,3,17-18H2,1-2H3,(H,32,36)(H,33,38)/t24-,27-/m0/s1. The van der Waals surface area contributed by atoms with Crippen molar-refractivity contribution in [2.24, 2.45) is 0 Å². The molecule has 2 N–H and O–H groups in total. The fraction of sp³-hybridized carbons (Fsp3) is 0.233. The Kier molecular flexibility index (Phi) is 7.31. The summed E-state index contributed by atoms with van der Waals surface area (Å²) in [5.41, 5.74) is 3.06. The lowest BCUT2D eigenvalue weighted by Crippen LogP contribution is -2.47. The average Bonchev–Trinajstić information content (AvgIpc) is 3.29. The number of halogens is 1. The number of carbonyl (C=O) groups excluding carboxylic acids is 3. The third-order valence-electron chi connectivity index (χ3n) is 7.08. The lowest BCUT2D eigenvalue weighted by molar-refractivity contribution is -0.134. The van der Waals surface area contributed by atoms with Crippen molar-refractivity contribution in [3.8, 4) is 5.75 Å². The summed E-state index contributed by atoms with van der Waals surface area (Å²) in [6, 6.07) is 20.2. The molecule has 0 saturated heterocycles. The van der Waals surface area contributed by atoms with Crippen molar-refractivity contribution >= 4 is 23.5 Å². The van der Waals surface area contributed by atoms with Gasteiger partial charge in [-0.1, -0.05) is 42.5 Å². The predicted molar refractivity (Wildman–Crippen MR) is 144 cm³/mol. The van der Waals surface area contributed by atoms with E-state index in [0.29, 0.717) is 29.3 Å². The van der Waals surface area contributed by atoms with E-state index in [1.54, 1.807) is 24.1 Å². The molecule has 3 aromatic carbocycles. The number of urea groups is 1. The zero-order valence-electron chi connectivity index (χ0n) is 21.7. The van der Waals surface area contributed by atoms with Crippen LogP contribution in [0.1, 0.15) is 24.1 Å². The van der Waals surface area contributed by atoms with E-state index in [-0.39, 0.29) is 24.9 Å². The van der Waals surface area contributed by atoms with E-state index in [4.69, 9.17) is 4.74 Å². The molecule has 5 rings (SSSR count). The van der Waals surface area contributed by atoms with Crippen LogP contribution >= 0.6 is 0 Å². The molecule has 0 saturated carbocycles. The summed E-state index contributed by atoms with van der Waals surface area (Å²) in [6.45, 7) is 2.32. The van der Waals surface area contributed by atoms with Gasteiger partial charge in [0.25, 0.3) is 5.91 Å². The molecule has 3 aromatic rings. The molecule has 2 atom stereocenters. The average molecular weight is 529 g/mol. The van der Waals surface area contributed by atoms with Crippen LogP contribution in [0.25, 0.3) is 0 Å². The number of benzene rings is 3. The molecule has 4 amide bonds. The summed E-state index contributed by atoms with van der Waals surface area (Å²) in [4.78, 5) is 43.9. The third kappa shape index (κ3) is 5.20. The van der Waals surface area contributed by atoms with Gasteiger partial charge < -0.3 is 20.3 Å². The Morgan fingerprint density at radius 1 is 1.05 bits per heavy atom. The number of anilines is 1. The Bertz CT molecular complexity index is 1410. The van der Waals surface area contributed by atoms with Gasteiger partial charge in [0.1, 0.15) is 17.6 Å². The van der Waals surface area contributed by atoms with Crippen molar-refractivity contribution in [2.45, 2.75) is 25.4 Å². The Balaban J connectivity index is 1.50. The van der Waals surface area contributed by atoms with Crippen LogP contribution in [0.3, 0.4) is 0 Å². The molecular weight excluding hydrogens is 499 g/mol. The van der Waals surface area contributed by atoms with Crippen molar-refractivity contribution in [1.29, 1.82) is 0 Å². The summed E-state index contributed by atoms with van der Waals surface area (Å²) in [7, 11) is 1.57. The minimum Gasteiger partial charge on any atom is -0.497 e. The Labute approximate surface area is 226 Å². The van der Waals surface area contributed by atoms with Crippen LogP contribution in [0.15, 0.2) is 90.1 Å². The van der Waals surface area contributed by atoms with Crippen LogP contribution in [-0.4, -0.2) is 53.9 Å². The number of nitrogens with one attached hydrogen (secondary N) is 2. The Hall–Kier alpha value is -4.66. The first-order chi connectivity index (χ1) is 18.9. The van der Waals surface area contributed by atoms with Crippen LogP contribution in [0.4, 0.5) is 14.9 Å². The van der Waals surface area contributed by atoms with Gasteiger partial charge in [0.05, 0.1) is 31.0 Å². The maximum Gasteiger partial charge on any atom is 0.322 e. The molecule has 8 nitrogen and oxygen atoms in total. The van der Waals surface area contributed by atoms with E-state index in [1.807, 2.05) is 49.4 Å². The zero-order valence-corrected chi connectivity index (χ0v) is 21.7. The van der Waals surface area contributed by atoms with E-state index >= 15 is 0 Å². The van der Waals surface area contributed by atoms with Gasteiger partial charge in [-0.15, -0.1) is 0 Å². The monoisotopic (exact) mass is 528 g/mol. The lowest BCUT2D eigenvalue weighted by Gasteiger charge is -2.33. The van der Waals surface area contributed by atoms with Gasteiger partial charge in [0.2, 0.25) is 5.91 Å². The maximum absolute atomic E-state index is 14.1. The topological polar surface area (TPSA) is 91.0 Å². The van der Waals surface area contributed by atoms with Gasteiger partial charge in [-0.05, 0) is 54.4 Å². The van der Waals surface area contributed by atoms with Crippen molar-refractivity contribution < 1.29 is 23.5 Å². The molecule has 39 heavy (non-hydrogen) atoms. The fourth-order valence-electron chi connectivity index (χ4n) is 5.09. The highest BCUT2D eigenvalue weighted by Crippen LogP contribution is 2.38. The number of amides is 4. The Morgan fingerprint density at radius 3 is 2.38 bits per heavy atom. The van der Waals surface area contributed by atoms with Crippen LogP contribution in [0.5, 0.6) is 5.75 Å². The van der Waals surface area contributed by atoms with Crippen molar-refractivity contribution in [1.82, 2.24) is 15.1 Å². The Morgan fingerprint density at radius 2 is 1.74 bits per heavy atom. The first-order valence-corrected chi connectivity index (χ1v) is 12.8. The molecule has 9 heteroatoms. The van der Waals surface area contributed by atoms with Crippen LogP contribution in [0.2, 0.25) is 0 Å². The third-order valence-corrected chi connectivity index (χ3v) is 7.08. The molecule has 0 aromatic heterocycles. The van der Waals surface area contributed by atoms with Gasteiger partial charge in [0.15, 0.2) is 0 Å². The van der Waals surface area contributed by atoms with E-state index in [9.17, 15) is 18.8 Å². The van der Waals surface area contributed by atoms with Crippen LogP contribution < -0.4 is 15.4 Å². The predicted octanol–water partition coefficient (Wildman–Crippen LogP) is 4.27. The van der Waals surface area contributed by atoms with Crippen molar-refractivity contribution in [3.63, 3.8) is 0 Å². The summed E-state index contributed by atoms with van der Waals surface area (Å²) >= 11 is 0. The summed E-state index contributed by atoms with van der Waals surface area (Å²) < 4.78 is 18.7. The van der Waals surface area contributed by atoms with Crippen LogP contribution in [0, 0.1) is 5.82 Å². The molecule has 0 bridgehead atoms. The minimum atomic E-state index is -0.874. The molecular formula is C30H29FN4O4. The van der Waals surface area contributed by atoms with Gasteiger partial charge in [-0.25, -0.2) is 9.18 Å². The van der Waals surface area contributed by atoms with Gasteiger partial charge in [-0.2, -0.15) is 0 Å². The van der Waals surface area contributed by atoms with E-state index in [1.165, 1.54) is 29.2 Å². The molecule has 0 spiro atoms. The molecule has 2 aliphatic rings. The largest absolute Gasteiger partial charge is 0.497 e. The second kappa shape index (κ2) is 11.0. The second-order valence-electron chi connectivity index (χ2n) is 9.40.